The summed E-state index contributed by atoms with van der Waals surface area (Å²) in [6.07, 6.45) is 9.37. The van der Waals surface area contributed by atoms with Crippen molar-refractivity contribution >= 4 is 33.4 Å². The number of rotatable bonds is 9. The number of carbonyl (C=O) groups excluding carboxylic acids is 1. The van der Waals surface area contributed by atoms with Crippen LogP contribution >= 0.6 is 0 Å². The summed E-state index contributed by atoms with van der Waals surface area (Å²) in [6, 6.07) is 14.8. The molecule has 9 nitrogen and oxygen atoms in total. The number of ether oxygens (including phenoxy) is 1. The molecule has 0 saturated carbocycles. The van der Waals surface area contributed by atoms with E-state index in [0.717, 1.165) is 69.5 Å². The molecule has 1 saturated heterocycles. The minimum Gasteiger partial charge on any atom is -0.492 e. The Morgan fingerprint density at radius 2 is 1.78 bits per heavy atom. The van der Waals surface area contributed by atoms with Crippen molar-refractivity contribution in [3.8, 4) is 39.4 Å². The molecular weight excluding hydrogens is 569 g/mol. The second-order valence-electron chi connectivity index (χ2n) is 11.8. The van der Waals surface area contributed by atoms with Gasteiger partial charge in [0.25, 0.3) is 0 Å². The number of hydrogen-bond donors (Lipinski definition) is 3. The summed E-state index contributed by atoms with van der Waals surface area (Å²) < 4.78 is 20.8. The van der Waals surface area contributed by atoms with E-state index in [0.29, 0.717) is 23.6 Å². The van der Waals surface area contributed by atoms with Crippen LogP contribution in [0.1, 0.15) is 26.7 Å². The van der Waals surface area contributed by atoms with E-state index in [2.05, 4.69) is 41.4 Å². The number of hydrogen-bond acceptors (Lipinski definition) is 6. The van der Waals surface area contributed by atoms with E-state index >= 15 is 0 Å². The average molecular weight is 604 g/mol. The lowest BCUT2D eigenvalue weighted by Crippen LogP contribution is -2.25. The van der Waals surface area contributed by atoms with Crippen molar-refractivity contribution < 1.29 is 13.9 Å². The minimum absolute atomic E-state index is 0.0614. The predicted octanol–water partition coefficient (Wildman–Crippen LogP) is 7.04. The summed E-state index contributed by atoms with van der Waals surface area (Å²) >= 11 is 0. The summed E-state index contributed by atoms with van der Waals surface area (Å²) in [7, 11) is 0. The van der Waals surface area contributed by atoms with Gasteiger partial charge in [-0.3, -0.25) is 24.8 Å². The molecule has 0 atom stereocenters. The highest BCUT2D eigenvalue weighted by atomic mass is 19.1. The number of fused-ring (bicyclic) bond motifs is 2. The number of carbonyl (C=O) groups is 1. The number of H-pyrrole nitrogens is 2. The molecule has 7 rings (SSSR count). The quantitative estimate of drug-likeness (QED) is 0.163. The molecule has 228 valence electrons. The predicted molar refractivity (Wildman–Crippen MR) is 174 cm³/mol. The molecule has 2 aromatic carbocycles. The van der Waals surface area contributed by atoms with Crippen molar-refractivity contribution in [2.45, 2.75) is 26.7 Å². The topological polar surface area (TPSA) is 112 Å². The summed E-state index contributed by atoms with van der Waals surface area (Å²) in [5, 5.41) is 12.5. The van der Waals surface area contributed by atoms with Crippen LogP contribution in [0.3, 0.4) is 0 Å². The summed E-state index contributed by atoms with van der Waals surface area (Å²) in [4.78, 5) is 26.8. The van der Waals surface area contributed by atoms with Crippen LogP contribution in [0.15, 0.2) is 73.3 Å². The first-order chi connectivity index (χ1) is 21.9. The first-order valence-electron chi connectivity index (χ1n) is 15.3. The molecule has 0 bridgehead atoms. The standard InChI is InChI=1S/C35H34FN7O2/c1-21(2)35(44)39-26-12-24(17-37-18-26)22-5-6-31-29(14-22)34(42-41-31)32-16-28-30(19-38-20-33(28)40-32)23-11-25(36)15-27(13-23)45-10-9-43-7-3-4-8-43/h5-6,11-21,40H,3-4,7-10H2,1-2H3,(H,39,44)(H,41,42). The van der Waals surface area contributed by atoms with E-state index in [4.69, 9.17) is 4.74 Å². The van der Waals surface area contributed by atoms with Gasteiger partial charge in [-0.1, -0.05) is 19.9 Å². The normalized spacial score (nSPS) is 13.7. The van der Waals surface area contributed by atoms with Crippen LogP contribution in [0.4, 0.5) is 10.1 Å². The zero-order valence-corrected chi connectivity index (χ0v) is 25.2. The first-order valence-corrected chi connectivity index (χ1v) is 15.3. The van der Waals surface area contributed by atoms with Crippen molar-refractivity contribution in [1.29, 1.82) is 0 Å². The number of amides is 1. The Morgan fingerprint density at radius 1 is 0.933 bits per heavy atom. The largest absolute Gasteiger partial charge is 0.492 e. The van der Waals surface area contributed by atoms with E-state index in [1.807, 2.05) is 44.2 Å². The lowest BCUT2D eigenvalue weighted by atomic mass is 10.0. The maximum absolute atomic E-state index is 14.8. The molecule has 10 heteroatoms. The lowest BCUT2D eigenvalue weighted by molar-refractivity contribution is -0.118. The molecular formula is C35H34FN7O2. The molecule has 1 amide bonds. The van der Waals surface area contributed by atoms with E-state index in [1.165, 1.54) is 25.0 Å². The summed E-state index contributed by atoms with van der Waals surface area (Å²) in [5.41, 5.74) is 7.19. The van der Waals surface area contributed by atoms with Gasteiger partial charge in [0.05, 0.1) is 34.8 Å². The fourth-order valence-corrected chi connectivity index (χ4v) is 5.86. The van der Waals surface area contributed by atoms with Crippen molar-refractivity contribution in [2.24, 2.45) is 5.92 Å². The van der Waals surface area contributed by atoms with Crippen LogP contribution in [0, 0.1) is 11.7 Å². The van der Waals surface area contributed by atoms with Gasteiger partial charge in [0.1, 0.15) is 23.9 Å². The Morgan fingerprint density at radius 3 is 2.62 bits per heavy atom. The maximum atomic E-state index is 14.8. The van der Waals surface area contributed by atoms with Crippen molar-refractivity contribution in [3.63, 3.8) is 0 Å². The molecule has 0 aliphatic carbocycles. The van der Waals surface area contributed by atoms with Gasteiger partial charge < -0.3 is 15.0 Å². The molecule has 0 unspecified atom stereocenters. The molecule has 5 heterocycles. The third-order valence-corrected chi connectivity index (χ3v) is 8.28. The summed E-state index contributed by atoms with van der Waals surface area (Å²) in [6.45, 7) is 7.24. The molecule has 4 aromatic heterocycles. The molecule has 1 aliphatic heterocycles. The van der Waals surface area contributed by atoms with Crippen LogP contribution in [0.2, 0.25) is 0 Å². The number of benzene rings is 2. The number of likely N-dealkylation sites (tertiary alicyclic amines) is 1. The second-order valence-corrected chi connectivity index (χ2v) is 11.8. The molecule has 3 N–H and O–H groups in total. The molecule has 0 spiro atoms. The van der Waals surface area contributed by atoms with Crippen molar-refractivity contribution in [3.05, 3.63) is 79.1 Å². The van der Waals surface area contributed by atoms with Gasteiger partial charge in [-0.2, -0.15) is 5.10 Å². The Balaban J connectivity index is 1.20. The monoisotopic (exact) mass is 603 g/mol. The molecule has 6 aromatic rings. The van der Waals surface area contributed by atoms with Gasteiger partial charge in [0, 0.05) is 52.8 Å². The van der Waals surface area contributed by atoms with Gasteiger partial charge in [-0.05, 0) is 73.5 Å². The Labute approximate surface area is 259 Å². The highest BCUT2D eigenvalue weighted by Gasteiger charge is 2.17. The highest BCUT2D eigenvalue weighted by molar-refractivity contribution is 6.01. The van der Waals surface area contributed by atoms with Gasteiger partial charge >= 0.3 is 0 Å². The van der Waals surface area contributed by atoms with Crippen LogP contribution in [-0.2, 0) is 4.79 Å². The number of aromatic amines is 2. The third kappa shape index (κ3) is 6.01. The van der Waals surface area contributed by atoms with E-state index in [9.17, 15) is 9.18 Å². The zero-order valence-electron chi connectivity index (χ0n) is 25.2. The van der Waals surface area contributed by atoms with Crippen molar-refractivity contribution in [1.82, 2.24) is 30.0 Å². The van der Waals surface area contributed by atoms with Crippen LogP contribution in [0.5, 0.6) is 5.75 Å². The fourth-order valence-electron chi connectivity index (χ4n) is 5.86. The van der Waals surface area contributed by atoms with E-state index in [1.54, 1.807) is 24.8 Å². The number of anilines is 1. The number of halogens is 1. The molecule has 45 heavy (non-hydrogen) atoms. The first kappa shape index (κ1) is 28.7. The van der Waals surface area contributed by atoms with Crippen LogP contribution in [-0.4, -0.2) is 62.2 Å². The summed E-state index contributed by atoms with van der Waals surface area (Å²) in [5.74, 6) is -0.0464. The number of nitrogens with zero attached hydrogens (tertiary/aromatic N) is 4. The second kappa shape index (κ2) is 12.1. The maximum Gasteiger partial charge on any atom is 0.226 e. The Bertz CT molecular complexity index is 2010. The van der Waals surface area contributed by atoms with Gasteiger partial charge in [0.15, 0.2) is 0 Å². The molecule has 1 fully saturated rings. The Hall–Kier alpha value is -5.09. The number of pyridine rings is 2. The average Bonchev–Trinajstić information content (AvgIpc) is 3.80. The van der Waals surface area contributed by atoms with Gasteiger partial charge in [0.2, 0.25) is 5.91 Å². The van der Waals surface area contributed by atoms with Gasteiger partial charge in [-0.15, -0.1) is 0 Å². The lowest BCUT2D eigenvalue weighted by Gasteiger charge is -2.15. The number of aromatic nitrogens is 5. The van der Waals surface area contributed by atoms with Crippen LogP contribution < -0.4 is 10.1 Å². The van der Waals surface area contributed by atoms with Gasteiger partial charge in [-0.25, -0.2) is 4.39 Å². The fraction of sp³-hybridized carbons (Fsp3) is 0.257. The molecule has 0 radical (unpaired) electrons. The Kier molecular flexibility index (Phi) is 7.72. The molecule has 1 aliphatic rings. The van der Waals surface area contributed by atoms with Crippen LogP contribution in [0.25, 0.3) is 55.4 Å². The van der Waals surface area contributed by atoms with Crippen molar-refractivity contribution in [2.75, 3.05) is 31.6 Å². The van der Waals surface area contributed by atoms with E-state index in [-0.39, 0.29) is 17.6 Å². The zero-order chi connectivity index (χ0) is 30.9. The third-order valence-electron chi connectivity index (χ3n) is 8.28. The minimum atomic E-state index is -0.357. The smallest absolute Gasteiger partial charge is 0.226 e. The highest BCUT2D eigenvalue weighted by Crippen LogP contribution is 2.36. The SMILES string of the molecule is CC(C)C(=O)Nc1cncc(-c2ccc3[nH]nc(-c4cc5c(-c6cc(F)cc(OCCN7CCCC7)c6)cncc5[nH]4)c3c2)c1. The number of nitrogens with one attached hydrogen (secondary N) is 3. The van der Waals surface area contributed by atoms with E-state index < -0.39 is 0 Å².